The number of piperidine rings is 1. The summed E-state index contributed by atoms with van der Waals surface area (Å²) < 4.78 is 0. The highest BCUT2D eigenvalue weighted by Gasteiger charge is 2.23. The normalized spacial score (nSPS) is 15.8. The van der Waals surface area contributed by atoms with Crippen molar-refractivity contribution in [2.24, 2.45) is 5.92 Å². The number of carbonyl (C=O) groups excluding carboxylic acids is 1. The third-order valence-electron chi connectivity index (χ3n) is 4.55. The number of rotatable bonds is 4. The second-order valence-corrected chi connectivity index (χ2v) is 7.59. The van der Waals surface area contributed by atoms with Gasteiger partial charge in [-0.3, -0.25) is 9.78 Å². The first-order chi connectivity index (χ1) is 11.1. The van der Waals surface area contributed by atoms with Gasteiger partial charge in [-0.15, -0.1) is 11.3 Å². The molecule has 3 rings (SSSR count). The van der Waals surface area contributed by atoms with E-state index in [1.165, 1.54) is 5.56 Å². The van der Waals surface area contributed by atoms with Crippen molar-refractivity contribution in [3.63, 3.8) is 0 Å². The number of carbonyl (C=O) groups is 1. The molecule has 1 aliphatic heterocycles. The molecule has 23 heavy (non-hydrogen) atoms. The molecule has 3 heterocycles. The van der Waals surface area contributed by atoms with Crippen molar-refractivity contribution in [2.75, 3.05) is 13.1 Å². The van der Waals surface area contributed by atoms with Crippen molar-refractivity contribution in [3.8, 4) is 0 Å². The molecule has 5 heteroatoms. The molecule has 4 nitrogen and oxygen atoms in total. The summed E-state index contributed by atoms with van der Waals surface area (Å²) in [4.78, 5) is 24.1. The average Bonchev–Trinajstić information content (AvgIpc) is 2.86. The Morgan fingerprint density at radius 1 is 1.26 bits per heavy atom. The highest BCUT2D eigenvalue weighted by molar-refractivity contribution is 7.11. The molecule has 2 aromatic heterocycles. The van der Waals surface area contributed by atoms with Gasteiger partial charge in [-0.25, -0.2) is 4.98 Å². The molecule has 0 N–H and O–H groups in total. The minimum atomic E-state index is 0.249. The van der Waals surface area contributed by atoms with Crippen LogP contribution in [0.15, 0.2) is 24.5 Å². The molecule has 1 aliphatic rings. The van der Waals surface area contributed by atoms with E-state index in [1.54, 1.807) is 11.3 Å². The summed E-state index contributed by atoms with van der Waals surface area (Å²) in [7, 11) is 0. The van der Waals surface area contributed by atoms with Gasteiger partial charge in [-0.2, -0.15) is 0 Å². The smallest absolute Gasteiger partial charge is 0.227 e. The zero-order chi connectivity index (χ0) is 16.2. The van der Waals surface area contributed by atoms with Gasteiger partial charge in [0, 0.05) is 30.4 Å². The van der Waals surface area contributed by atoms with Crippen LogP contribution in [0, 0.1) is 19.8 Å². The lowest BCUT2D eigenvalue weighted by atomic mass is 9.90. The molecular formula is C18H23N3OS. The minimum Gasteiger partial charge on any atom is -0.342 e. The van der Waals surface area contributed by atoms with E-state index in [1.807, 2.05) is 31.1 Å². The summed E-state index contributed by atoms with van der Waals surface area (Å²) in [5.74, 6) is 0.924. The first-order valence-corrected chi connectivity index (χ1v) is 9.03. The molecule has 0 atom stereocenters. The zero-order valence-electron chi connectivity index (χ0n) is 13.8. The average molecular weight is 329 g/mol. The van der Waals surface area contributed by atoms with Gasteiger partial charge in [0.1, 0.15) is 0 Å². The summed E-state index contributed by atoms with van der Waals surface area (Å²) in [5, 5.41) is 1.04. The lowest BCUT2D eigenvalue weighted by molar-refractivity contribution is -0.131. The number of thiazole rings is 1. The largest absolute Gasteiger partial charge is 0.342 e. The van der Waals surface area contributed by atoms with Gasteiger partial charge in [-0.05, 0) is 56.7 Å². The number of aromatic nitrogens is 2. The molecule has 0 aliphatic carbocycles. The fourth-order valence-electron chi connectivity index (χ4n) is 3.23. The maximum absolute atomic E-state index is 12.5. The monoisotopic (exact) mass is 329 g/mol. The van der Waals surface area contributed by atoms with E-state index in [-0.39, 0.29) is 5.91 Å². The van der Waals surface area contributed by atoms with Gasteiger partial charge < -0.3 is 4.90 Å². The number of aryl methyl sites for hydroxylation is 2. The van der Waals surface area contributed by atoms with Crippen LogP contribution in [-0.4, -0.2) is 33.9 Å². The summed E-state index contributed by atoms with van der Waals surface area (Å²) in [5.41, 5.74) is 2.36. The van der Waals surface area contributed by atoms with Crippen molar-refractivity contribution < 1.29 is 4.79 Å². The molecule has 0 bridgehead atoms. The van der Waals surface area contributed by atoms with Crippen LogP contribution in [0.3, 0.4) is 0 Å². The molecule has 0 unspecified atom stereocenters. The van der Waals surface area contributed by atoms with Crippen LogP contribution < -0.4 is 0 Å². The summed E-state index contributed by atoms with van der Waals surface area (Å²) in [6.45, 7) is 5.75. The van der Waals surface area contributed by atoms with Crippen molar-refractivity contribution in [3.05, 3.63) is 45.7 Å². The van der Waals surface area contributed by atoms with E-state index in [0.717, 1.165) is 47.9 Å². The molecule has 1 saturated heterocycles. The summed E-state index contributed by atoms with van der Waals surface area (Å²) in [6, 6.07) is 4.18. The van der Waals surface area contributed by atoms with Gasteiger partial charge in [0.15, 0.2) is 0 Å². The van der Waals surface area contributed by atoms with Crippen LogP contribution in [0.4, 0.5) is 0 Å². The quantitative estimate of drug-likeness (QED) is 0.865. The second kappa shape index (κ2) is 7.21. The predicted octanol–water partition coefficient (Wildman–Crippen LogP) is 3.18. The first-order valence-electron chi connectivity index (χ1n) is 8.21. The Morgan fingerprint density at radius 3 is 2.57 bits per heavy atom. The maximum atomic E-state index is 12.5. The number of pyridine rings is 1. The molecular weight excluding hydrogens is 306 g/mol. The number of nitrogens with zero attached hydrogens (tertiary/aromatic N) is 3. The fourth-order valence-corrected chi connectivity index (χ4v) is 4.15. The number of hydrogen-bond acceptors (Lipinski definition) is 4. The van der Waals surface area contributed by atoms with E-state index >= 15 is 0 Å². The highest BCUT2D eigenvalue weighted by atomic mass is 32.1. The van der Waals surface area contributed by atoms with E-state index in [4.69, 9.17) is 0 Å². The lowest BCUT2D eigenvalue weighted by Crippen LogP contribution is -2.39. The standard InChI is InChI=1S/C18H23N3OS/c1-13-17(23-14(2)20-13)12-18(22)21-9-5-16(6-10-21)11-15-3-7-19-8-4-15/h3-4,7-8,16H,5-6,9-12H2,1-2H3. The van der Waals surface area contributed by atoms with E-state index in [2.05, 4.69) is 22.1 Å². The Bertz CT molecular complexity index is 660. The third-order valence-corrected chi connectivity index (χ3v) is 5.63. The zero-order valence-corrected chi connectivity index (χ0v) is 14.6. The van der Waals surface area contributed by atoms with Crippen LogP contribution in [-0.2, 0) is 17.6 Å². The predicted molar refractivity (Wildman–Crippen MR) is 92.5 cm³/mol. The number of likely N-dealkylation sites (tertiary alicyclic amines) is 1. The SMILES string of the molecule is Cc1nc(C)c(CC(=O)N2CCC(Cc3ccncc3)CC2)s1. The number of amides is 1. The lowest BCUT2D eigenvalue weighted by Gasteiger charge is -2.32. The summed E-state index contributed by atoms with van der Waals surface area (Å²) >= 11 is 1.64. The maximum Gasteiger partial charge on any atom is 0.227 e. The molecule has 0 spiro atoms. The van der Waals surface area contributed by atoms with Gasteiger partial charge in [0.05, 0.1) is 17.1 Å². The van der Waals surface area contributed by atoms with Crippen molar-refractivity contribution in [1.29, 1.82) is 0 Å². The topological polar surface area (TPSA) is 46.1 Å². The third kappa shape index (κ3) is 4.16. The van der Waals surface area contributed by atoms with E-state index in [9.17, 15) is 4.79 Å². The molecule has 122 valence electrons. The van der Waals surface area contributed by atoms with Gasteiger partial charge in [0.2, 0.25) is 5.91 Å². The molecule has 1 amide bonds. The Hall–Kier alpha value is -1.75. The van der Waals surface area contributed by atoms with Crippen molar-refractivity contribution >= 4 is 17.2 Å². The molecule has 2 aromatic rings. The molecule has 0 aromatic carbocycles. The first kappa shape index (κ1) is 16.1. The Balaban J connectivity index is 1.50. The Morgan fingerprint density at radius 2 is 1.96 bits per heavy atom. The highest BCUT2D eigenvalue weighted by Crippen LogP contribution is 2.23. The van der Waals surface area contributed by atoms with Gasteiger partial charge in [0.25, 0.3) is 0 Å². The van der Waals surface area contributed by atoms with Gasteiger partial charge in [-0.1, -0.05) is 0 Å². The van der Waals surface area contributed by atoms with Crippen LogP contribution in [0.25, 0.3) is 0 Å². The van der Waals surface area contributed by atoms with Crippen molar-refractivity contribution in [2.45, 2.75) is 39.5 Å². The summed E-state index contributed by atoms with van der Waals surface area (Å²) in [6.07, 6.45) is 7.49. The van der Waals surface area contributed by atoms with Crippen LogP contribution in [0.5, 0.6) is 0 Å². The number of hydrogen-bond donors (Lipinski definition) is 0. The minimum absolute atomic E-state index is 0.249. The van der Waals surface area contributed by atoms with E-state index < -0.39 is 0 Å². The van der Waals surface area contributed by atoms with Crippen LogP contribution in [0.1, 0.15) is 34.0 Å². The molecule has 0 radical (unpaired) electrons. The molecule has 1 fully saturated rings. The van der Waals surface area contributed by atoms with Crippen molar-refractivity contribution in [1.82, 2.24) is 14.9 Å². The van der Waals surface area contributed by atoms with E-state index in [0.29, 0.717) is 12.3 Å². The Kier molecular flexibility index (Phi) is 5.06. The fraction of sp³-hybridized carbons (Fsp3) is 0.500. The second-order valence-electron chi connectivity index (χ2n) is 6.30. The van der Waals surface area contributed by atoms with Crippen LogP contribution in [0.2, 0.25) is 0 Å². The Labute approximate surface area is 141 Å². The molecule has 0 saturated carbocycles. The van der Waals surface area contributed by atoms with Crippen LogP contribution >= 0.6 is 11.3 Å². The van der Waals surface area contributed by atoms with Gasteiger partial charge >= 0.3 is 0 Å².